The van der Waals surface area contributed by atoms with Crippen LogP contribution < -0.4 is 5.32 Å². The third-order valence-electron chi connectivity index (χ3n) is 6.23. The van der Waals surface area contributed by atoms with Crippen LogP contribution in [0.25, 0.3) is 11.1 Å². The van der Waals surface area contributed by atoms with Gasteiger partial charge in [0.25, 0.3) is 5.91 Å². The van der Waals surface area contributed by atoms with E-state index in [0.717, 1.165) is 28.8 Å². The van der Waals surface area contributed by atoms with Crippen molar-refractivity contribution in [2.24, 2.45) is 5.41 Å². The largest absolute Gasteiger partial charge is 0.352 e. The van der Waals surface area contributed by atoms with Gasteiger partial charge in [-0.05, 0) is 37.3 Å². The van der Waals surface area contributed by atoms with Gasteiger partial charge in [-0.25, -0.2) is 9.97 Å². The Morgan fingerprint density at radius 2 is 2.03 bits per heavy atom. The van der Waals surface area contributed by atoms with Crippen LogP contribution in [0.2, 0.25) is 0 Å². The molecule has 0 unspecified atom stereocenters. The lowest BCUT2D eigenvalue weighted by molar-refractivity contribution is -0.133. The van der Waals surface area contributed by atoms with Crippen LogP contribution in [0.3, 0.4) is 0 Å². The highest BCUT2D eigenvalue weighted by molar-refractivity contribution is 5.96. The van der Waals surface area contributed by atoms with Crippen molar-refractivity contribution in [3.63, 3.8) is 0 Å². The van der Waals surface area contributed by atoms with Crippen LogP contribution in [0.1, 0.15) is 34.5 Å². The molecule has 170 valence electrons. The molecule has 1 fully saturated rings. The molecule has 1 aromatic carbocycles. The predicted molar refractivity (Wildman–Crippen MR) is 125 cm³/mol. The van der Waals surface area contributed by atoms with Crippen molar-refractivity contribution in [1.82, 2.24) is 30.4 Å². The zero-order valence-electron chi connectivity index (χ0n) is 18.8. The van der Waals surface area contributed by atoms with Crippen LogP contribution in [0, 0.1) is 12.3 Å². The van der Waals surface area contributed by atoms with E-state index in [2.05, 4.69) is 32.1 Å². The Balaban J connectivity index is 1.69. The second kappa shape index (κ2) is 9.77. The van der Waals surface area contributed by atoms with Crippen molar-refractivity contribution in [2.75, 3.05) is 19.6 Å². The Morgan fingerprint density at radius 1 is 1.24 bits per heavy atom. The van der Waals surface area contributed by atoms with E-state index < -0.39 is 5.41 Å². The fraction of sp³-hybridized carbons (Fsp3) is 0.320. The van der Waals surface area contributed by atoms with Crippen LogP contribution >= 0.6 is 0 Å². The van der Waals surface area contributed by atoms with Crippen molar-refractivity contribution in [3.05, 3.63) is 78.7 Å². The first-order valence-corrected chi connectivity index (χ1v) is 11.1. The van der Waals surface area contributed by atoms with Gasteiger partial charge in [-0.3, -0.25) is 14.7 Å². The highest BCUT2D eigenvalue weighted by atomic mass is 16.2. The Kier molecular flexibility index (Phi) is 6.63. The van der Waals surface area contributed by atoms with Crippen molar-refractivity contribution in [2.45, 2.75) is 26.2 Å². The van der Waals surface area contributed by atoms with Gasteiger partial charge in [0.1, 0.15) is 6.33 Å². The maximum absolute atomic E-state index is 13.5. The maximum Gasteiger partial charge on any atom is 0.257 e. The number of aromatic nitrogens is 4. The van der Waals surface area contributed by atoms with Crippen molar-refractivity contribution >= 4 is 11.8 Å². The molecule has 8 heteroatoms. The molecule has 0 saturated carbocycles. The summed E-state index contributed by atoms with van der Waals surface area (Å²) in [5.41, 5.74) is 3.41. The van der Waals surface area contributed by atoms with Gasteiger partial charge >= 0.3 is 0 Å². The molecule has 2 aromatic heterocycles. The second-order valence-corrected chi connectivity index (χ2v) is 8.48. The average Bonchev–Trinajstić information content (AvgIpc) is 3.28. The van der Waals surface area contributed by atoms with Gasteiger partial charge in [0.15, 0.2) is 0 Å². The molecule has 1 atom stereocenters. The van der Waals surface area contributed by atoms with E-state index in [1.165, 1.54) is 6.33 Å². The van der Waals surface area contributed by atoms with Gasteiger partial charge < -0.3 is 10.2 Å². The Morgan fingerprint density at radius 3 is 2.76 bits per heavy atom. The summed E-state index contributed by atoms with van der Waals surface area (Å²) in [5.74, 6) is -0.172. The fourth-order valence-electron chi connectivity index (χ4n) is 4.56. The number of carbonyl (C=O) groups is 2. The van der Waals surface area contributed by atoms with Crippen molar-refractivity contribution in [3.8, 4) is 11.1 Å². The molecule has 4 rings (SSSR count). The fourth-order valence-corrected chi connectivity index (χ4v) is 4.56. The number of carbonyl (C=O) groups excluding carboxylic acids is 2. The zero-order chi connectivity index (χ0) is 23.3. The topological polar surface area (TPSA) is 104 Å². The van der Waals surface area contributed by atoms with Gasteiger partial charge in [-0.1, -0.05) is 30.3 Å². The number of piperidine rings is 1. The number of hydrogen-bond donors (Lipinski definition) is 2. The lowest BCUT2D eigenvalue weighted by Gasteiger charge is -2.42. The highest BCUT2D eigenvalue weighted by Gasteiger charge is 2.44. The number of amides is 2. The minimum absolute atomic E-state index is 0.0667. The molecule has 0 spiro atoms. The molecule has 1 saturated heterocycles. The van der Waals surface area contributed by atoms with Crippen molar-refractivity contribution in [1.29, 1.82) is 0 Å². The summed E-state index contributed by atoms with van der Waals surface area (Å²) in [6, 6.07) is 7.99. The van der Waals surface area contributed by atoms with Gasteiger partial charge in [0.05, 0.1) is 17.2 Å². The zero-order valence-corrected chi connectivity index (χ0v) is 18.8. The third-order valence-corrected chi connectivity index (χ3v) is 6.23. The normalized spacial score (nSPS) is 18.0. The third kappa shape index (κ3) is 4.69. The molecule has 2 N–H and O–H groups in total. The van der Waals surface area contributed by atoms with Crippen LogP contribution in [0.15, 0.2) is 61.8 Å². The van der Waals surface area contributed by atoms with E-state index in [0.29, 0.717) is 38.0 Å². The number of rotatable bonds is 7. The number of H-pyrrole nitrogens is 1. The number of nitrogens with one attached hydrogen (secondary N) is 2. The standard InChI is InChI=1S/C25H28N6O2/c1-3-10-28-24(33)25(9-6-11-31(16-25)23(32)22-15-29-30-18(22)2)12-19-7-4-5-8-21(19)20-13-26-17-27-14-20/h3-5,7-8,13-15,17H,1,6,9-12,16H2,2H3,(H,28,33)(H,29,30)/t25-/m1/s1. The van der Waals surface area contributed by atoms with Gasteiger partial charge in [-0.2, -0.15) is 5.10 Å². The van der Waals surface area contributed by atoms with E-state index >= 15 is 0 Å². The number of aromatic amines is 1. The first-order chi connectivity index (χ1) is 16.0. The Bertz CT molecular complexity index is 1140. The monoisotopic (exact) mass is 444 g/mol. The highest BCUT2D eigenvalue weighted by Crippen LogP contribution is 2.37. The molecule has 0 aliphatic carbocycles. The van der Waals surface area contributed by atoms with Crippen LogP contribution in [-0.4, -0.2) is 56.5 Å². The lowest BCUT2D eigenvalue weighted by atomic mass is 9.73. The van der Waals surface area contributed by atoms with E-state index in [1.54, 1.807) is 29.6 Å². The summed E-state index contributed by atoms with van der Waals surface area (Å²) in [4.78, 5) is 36.8. The lowest BCUT2D eigenvalue weighted by Crippen LogP contribution is -2.54. The molecule has 3 aromatic rings. The van der Waals surface area contributed by atoms with Gasteiger partial charge in [0, 0.05) is 43.3 Å². The molecule has 33 heavy (non-hydrogen) atoms. The molecule has 2 amide bonds. The van der Waals surface area contributed by atoms with E-state index in [-0.39, 0.29) is 11.8 Å². The molecule has 0 bridgehead atoms. The van der Waals surface area contributed by atoms with Gasteiger partial charge in [-0.15, -0.1) is 6.58 Å². The minimum Gasteiger partial charge on any atom is -0.352 e. The molecule has 3 heterocycles. The number of likely N-dealkylation sites (tertiary alicyclic amines) is 1. The van der Waals surface area contributed by atoms with E-state index in [4.69, 9.17) is 0 Å². The smallest absolute Gasteiger partial charge is 0.257 e. The first kappa shape index (κ1) is 22.4. The first-order valence-electron chi connectivity index (χ1n) is 11.1. The summed E-state index contributed by atoms with van der Waals surface area (Å²) in [7, 11) is 0. The molecule has 1 aliphatic heterocycles. The molecule has 8 nitrogen and oxygen atoms in total. The summed E-state index contributed by atoms with van der Waals surface area (Å²) in [5, 5.41) is 9.80. The van der Waals surface area contributed by atoms with Crippen molar-refractivity contribution < 1.29 is 9.59 Å². The summed E-state index contributed by atoms with van der Waals surface area (Å²) >= 11 is 0. The summed E-state index contributed by atoms with van der Waals surface area (Å²) in [6.07, 6.45) is 10.2. The van der Waals surface area contributed by atoms with Crippen LogP contribution in [0.4, 0.5) is 0 Å². The van der Waals surface area contributed by atoms with E-state index in [1.807, 2.05) is 31.2 Å². The maximum atomic E-state index is 13.5. The number of hydrogen-bond acceptors (Lipinski definition) is 5. The van der Waals surface area contributed by atoms with Crippen LogP contribution in [-0.2, 0) is 11.2 Å². The second-order valence-electron chi connectivity index (χ2n) is 8.48. The number of aryl methyl sites for hydroxylation is 1. The Hall–Kier alpha value is -3.81. The quantitative estimate of drug-likeness (QED) is 0.546. The van der Waals surface area contributed by atoms with Crippen LogP contribution in [0.5, 0.6) is 0 Å². The Labute approximate surface area is 193 Å². The molecule has 0 radical (unpaired) electrons. The number of nitrogens with zero attached hydrogens (tertiary/aromatic N) is 4. The van der Waals surface area contributed by atoms with Gasteiger partial charge in [0.2, 0.25) is 5.91 Å². The average molecular weight is 445 g/mol. The minimum atomic E-state index is -0.764. The molecule has 1 aliphatic rings. The summed E-state index contributed by atoms with van der Waals surface area (Å²) < 4.78 is 0. The predicted octanol–water partition coefficient (Wildman–Crippen LogP) is 2.94. The summed E-state index contributed by atoms with van der Waals surface area (Å²) in [6.45, 7) is 6.86. The molecular formula is C25H28N6O2. The number of benzene rings is 1. The molecular weight excluding hydrogens is 416 g/mol. The van der Waals surface area contributed by atoms with E-state index in [9.17, 15) is 9.59 Å². The SMILES string of the molecule is C=CCNC(=O)[C@@]1(Cc2ccccc2-c2cncnc2)CCCN(C(=O)c2cn[nH]c2C)C1.